The van der Waals surface area contributed by atoms with Crippen LogP contribution in [0, 0.1) is 0 Å². The molecule has 0 spiro atoms. The van der Waals surface area contributed by atoms with Crippen LogP contribution in [-0.2, 0) is 31.9 Å². The maximum atomic E-state index is 11.4. The van der Waals surface area contributed by atoms with Crippen molar-refractivity contribution >= 4 is 57.9 Å². The summed E-state index contributed by atoms with van der Waals surface area (Å²) in [4.78, 5) is 41.4. The first-order valence-corrected chi connectivity index (χ1v) is 16.6. The number of fused-ring (bicyclic) bond motifs is 2. The van der Waals surface area contributed by atoms with Crippen LogP contribution in [0.3, 0.4) is 0 Å². The van der Waals surface area contributed by atoms with Crippen LogP contribution >= 0.6 is 0 Å². The summed E-state index contributed by atoms with van der Waals surface area (Å²) >= 11 is 0. The maximum Gasteiger partial charge on any atom is 0.330 e. The number of nitrogens with two attached hydrogens (primary N) is 1. The van der Waals surface area contributed by atoms with Gasteiger partial charge >= 0.3 is 11.9 Å². The van der Waals surface area contributed by atoms with Gasteiger partial charge in [0.05, 0.1) is 24.2 Å². The molecule has 0 unspecified atom stereocenters. The van der Waals surface area contributed by atoms with Crippen molar-refractivity contribution in [2.45, 2.75) is 26.7 Å². The highest BCUT2D eigenvalue weighted by molar-refractivity contribution is 5.88. The summed E-state index contributed by atoms with van der Waals surface area (Å²) in [5, 5.41) is 2.26. The first-order valence-electron chi connectivity index (χ1n) is 16.6. The van der Waals surface area contributed by atoms with E-state index >= 15 is 0 Å². The van der Waals surface area contributed by atoms with Gasteiger partial charge in [-0.05, 0) is 110 Å². The van der Waals surface area contributed by atoms with Crippen LogP contribution in [0.25, 0.3) is 34.0 Å². The average molecular weight is 680 g/mol. The van der Waals surface area contributed by atoms with Crippen LogP contribution in [0.15, 0.2) is 134 Å². The Hall–Kier alpha value is -6.41. The largest absolute Gasteiger partial charge is 0.463 e. The van der Waals surface area contributed by atoms with E-state index in [4.69, 9.17) is 15.2 Å². The molecule has 51 heavy (non-hydrogen) atoms. The number of nitrogen functional groups attached to an aromatic ring is 1. The Morgan fingerprint density at radius 1 is 0.608 bits per heavy atom. The molecule has 2 N–H and O–H groups in total. The molecule has 0 aliphatic carbocycles. The van der Waals surface area contributed by atoms with Gasteiger partial charge in [0.15, 0.2) is 0 Å². The van der Waals surface area contributed by atoms with Gasteiger partial charge in [-0.15, -0.1) is 0 Å². The van der Waals surface area contributed by atoms with Crippen molar-refractivity contribution in [2.24, 2.45) is 0 Å². The molecule has 0 atom stereocenters. The van der Waals surface area contributed by atoms with E-state index < -0.39 is 0 Å². The molecular weight excluding hydrogens is 638 g/mol. The zero-order valence-electron chi connectivity index (χ0n) is 28.8. The van der Waals surface area contributed by atoms with Crippen LogP contribution in [0.4, 0.5) is 5.69 Å². The number of carbonyl (C=O) groups is 3. The summed E-state index contributed by atoms with van der Waals surface area (Å²) in [5.74, 6) is -0.688. The van der Waals surface area contributed by atoms with Crippen LogP contribution < -0.4 is 5.73 Å². The van der Waals surface area contributed by atoms with E-state index in [9.17, 15) is 14.4 Å². The number of carbonyl (C=O) groups excluding carboxylic acids is 3. The van der Waals surface area contributed by atoms with Gasteiger partial charge in [-0.1, -0.05) is 60.7 Å². The molecule has 0 saturated carbocycles. The lowest BCUT2D eigenvalue weighted by molar-refractivity contribution is -0.138. The van der Waals surface area contributed by atoms with E-state index in [0.717, 1.165) is 52.4 Å². The van der Waals surface area contributed by atoms with Crippen LogP contribution in [0.1, 0.15) is 46.5 Å². The number of hydrogen-bond donors (Lipinski definition) is 1. The molecule has 0 amide bonds. The molecule has 2 aromatic heterocycles. The second-order valence-electron chi connectivity index (χ2n) is 11.2. The first kappa shape index (κ1) is 37.4. The molecule has 2 heterocycles. The summed E-state index contributed by atoms with van der Waals surface area (Å²) in [6, 6.07) is 35.3. The van der Waals surface area contributed by atoms with Crippen molar-refractivity contribution in [2.75, 3.05) is 18.9 Å². The van der Waals surface area contributed by atoms with Crippen molar-refractivity contribution < 1.29 is 23.9 Å². The van der Waals surface area contributed by atoms with E-state index in [1.165, 1.54) is 28.7 Å². The van der Waals surface area contributed by atoms with E-state index in [0.29, 0.717) is 18.8 Å². The zero-order valence-corrected chi connectivity index (χ0v) is 28.8. The van der Waals surface area contributed by atoms with Crippen LogP contribution in [0.5, 0.6) is 0 Å². The van der Waals surface area contributed by atoms with Crippen LogP contribution in [-0.4, -0.2) is 41.4 Å². The number of aldehydes is 1. The lowest BCUT2D eigenvalue weighted by Crippen LogP contribution is -1.98. The topological polar surface area (TPSA) is 121 Å². The molecule has 6 aromatic rings. The molecule has 8 nitrogen and oxygen atoms in total. The number of pyridine rings is 2. The highest BCUT2D eigenvalue weighted by Crippen LogP contribution is 2.17. The van der Waals surface area contributed by atoms with Crippen molar-refractivity contribution in [3.63, 3.8) is 0 Å². The molecule has 0 radical (unpaired) electrons. The van der Waals surface area contributed by atoms with Gasteiger partial charge in [0.2, 0.25) is 0 Å². The molecular formula is C43H41N3O5. The third kappa shape index (κ3) is 12.9. The van der Waals surface area contributed by atoms with Gasteiger partial charge in [0, 0.05) is 46.6 Å². The monoisotopic (exact) mass is 679 g/mol. The minimum atomic E-state index is -0.381. The Morgan fingerprint density at radius 2 is 1.14 bits per heavy atom. The van der Waals surface area contributed by atoms with E-state index in [1.54, 1.807) is 50.4 Å². The Kier molecular flexibility index (Phi) is 14.8. The number of ether oxygens (including phenoxy) is 2. The highest BCUT2D eigenvalue weighted by atomic mass is 16.5. The smallest absolute Gasteiger partial charge is 0.330 e. The van der Waals surface area contributed by atoms with E-state index in [2.05, 4.69) is 46.4 Å². The van der Waals surface area contributed by atoms with Gasteiger partial charge < -0.3 is 15.2 Å². The molecule has 8 heteroatoms. The van der Waals surface area contributed by atoms with Crippen molar-refractivity contribution in [3.8, 4) is 0 Å². The number of rotatable bonds is 10. The number of aromatic nitrogens is 2. The predicted molar refractivity (Wildman–Crippen MR) is 205 cm³/mol. The van der Waals surface area contributed by atoms with Crippen LogP contribution in [0.2, 0.25) is 0 Å². The Morgan fingerprint density at radius 3 is 1.75 bits per heavy atom. The van der Waals surface area contributed by atoms with Gasteiger partial charge in [-0.2, -0.15) is 0 Å². The lowest BCUT2D eigenvalue weighted by Gasteiger charge is -2.05. The minimum absolute atomic E-state index is 0.308. The second kappa shape index (κ2) is 20.2. The van der Waals surface area contributed by atoms with Crippen molar-refractivity contribution in [1.29, 1.82) is 0 Å². The molecule has 0 bridgehead atoms. The number of hydrogen-bond acceptors (Lipinski definition) is 8. The predicted octanol–water partition coefficient (Wildman–Crippen LogP) is 8.49. The van der Waals surface area contributed by atoms with Crippen molar-refractivity contribution in [3.05, 3.63) is 162 Å². The number of aryl methyl sites for hydroxylation is 2. The summed E-state index contributed by atoms with van der Waals surface area (Å²) in [5.41, 5.74) is 13.3. The van der Waals surface area contributed by atoms with Gasteiger partial charge in [-0.3, -0.25) is 14.8 Å². The average Bonchev–Trinajstić information content (AvgIpc) is 3.16. The number of benzene rings is 4. The third-order valence-electron chi connectivity index (χ3n) is 7.39. The number of anilines is 1. The summed E-state index contributed by atoms with van der Waals surface area (Å²) in [6.07, 6.45) is 12.5. The standard InChI is InChI=1S/C22H21NO2.C12H12O3.C9H8N2/c1-2-25-22(24)13-11-18-6-3-5-17(15-18)8-9-19-10-12-21-20(16-19)7-4-14-23-21;1-2-15-12(14)7-6-10-4-3-5-11(8-10)9-13;10-8-3-4-9-7(6-8)2-1-5-11-9/h3-7,10-16H,2,8-9H2,1H3;3-9H,2H2,1H3;1-6H,10H2/b13-11+;7-6+;. The Balaban J connectivity index is 0.000000190. The maximum absolute atomic E-state index is 11.4. The second-order valence-corrected chi connectivity index (χ2v) is 11.2. The lowest BCUT2D eigenvalue weighted by atomic mass is 10.0. The Bertz CT molecular complexity index is 2120. The van der Waals surface area contributed by atoms with Gasteiger partial charge in [0.25, 0.3) is 0 Å². The summed E-state index contributed by atoms with van der Waals surface area (Å²) in [6.45, 7) is 4.30. The fraction of sp³-hybridized carbons (Fsp3) is 0.140. The number of nitrogens with zero attached hydrogens (tertiary/aromatic N) is 2. The molecule has 0 saturated heterocycles. The van der Waals surface area contributed by atoms with Gasteiger partial charge in [-0.25, -0.2) is 9.59 Å². The van der Waals surface area contributed by atoms with E-state index in [1.807, 2.05) is 60.8 Å². The molecule has 0 aliphatic heterocycles. The van der Waals surface area contributed by atoms with Crippen molar-refractivity contribution in [1.82, 2.24) is 9.97 Å². The highest BCUT2D eigenvalue weighted by Gasteiger charge is 2.01. The zero-order chi connectivity index (χ0) is 36.3. The minimum Gasteiger partial charge on any atom is -0.463 e. The summed E-state index contributed by atoms with van der Waals surface area (Å²) < 4.78 is 9.63. The molecule has 0 aliphatic rings. The quantitative estimate of drug-likeness (QED) is 0.0662. The fourth-order valence-electron chi connectivity index (χ4n) is 4.96. The Labute approximate surface area is 298 Å². The number of esters is 2. The molecule has 4 aromatic carbocycles. The summed E-state index contributed by atoms with van der Waals surface area (Å²) in [7, 11) is 0. The molecule has 0 fully saturated rings. The normalized spacial score (nSPS) is 10.6. The SMILES string of the molecule is CCOC(=O)/C=C/c1cccc(C=O)c1.CCOC(=O)/C=C/c1cccc(CCc2ccc3ncccc3c2)c1.Nc1ccc2ncccc2c1. The fourth-order valence-corrected chi connectivity index (χ4v) is 4.96. The molecule has 258 valence electrons. The first-order chi connectivity index (χ1) is 24.9. The molecule has 6 rings (SSSR count). The van der Waals surface area contributed by atoms with Gasteiger partial charge in [0.1, 0.15) is 6.29 Å². The third-order valence-corrected chi connectivity index (χ3v) is 7.39. The van der Waals surface area contributed by atoms with E-state index in [-0.39, 0.29) is 11.9 Å².